The van der Waals surface area contributed by atoms with Crippen LogP contribution >= 0.6 is 0 Å². The molecule has 2 amide bonds. The number of anilines is 1. The first-order valence-electron chi connectivity index (χ1n) is 13.3. The fraction of sp³-hybridized carbons (Fsp3) is 0.344. The largest absolute Gasteiger partial charge is 0.338 e. The molecule has 1 fully saturated rings. The molecule has 0 unspecified atom stereocenters. The van der Waals surface area contributed by atoms with Crippen LogP contribution in [0.4, 0.5) is 5.69 Å². The summed E-state index contributed by atoms with van der Waals surface area (Å²) in [4.78, 5) is 33.4. The van der Waals surface area contributed by atoms with Gasteiger partial charge in [0.2, 0.25) is 5.91 Å². The minimum Gasteiger partial charge on any atom is -0.338 e. The zero-order chi connectivity index (χ0) is 27.5. The van der Waals surface area contributed by atoms with Gasteiger partial charge < -0.3 is 15.6 Å². The summed E-state index contributed by atoms with van der Waals surface area (Å²) in [6, 6.07) is 5.71. The van der Waals surface area contributed by atoms with Crippen LogP contribution in [-0.4, -0.2) is 21.8 Å². The first-order chi connectivity index (χ1) is 18.4. The number of hydrogen-bond acceptors (Lipinski definition) is 3. The minimum atomic E-state index is -0.156. The number of rotatable bonds is 10. The molecular weight excluding hydrogens is 472 g/mol. The van der Waals surface area contributed by atoms with Gasteiger partial charge in [0.1, 0.15) is 5.82 Å². The average molecular weight is 511 g/mol. The van der Waals surface area contributed by atoms with Gasteiger partial charge in [0.15, 0.2) is 0 Å². The van der Waals surface area contributed by atoms with Crippen molar-refractivity contribution in [1.29, 1.82) is 0 Å². The number of allylic oxidation sites excluding steroid dienone is 7. The van der Waals surface area contributed by atoms with Gasteiger partial charge in [-0.2, -0.15) is 0 Å². The summed E-state index contributed by atoms with van der Waals surface area (Å²) < 4.78 is 0. The number of aromatic nitrogens is 2. The predicted molar refractivity (Wildman–Crippen MR) is 157 cm³/mol. The lowest BCUT2D eigenvalue weighted by Crippen LogP contribution is -2.26. The topological polar surface area (TPSA) is 86.9 Å². The number of aromatic amines is 1. The molecule has 6 heteroatoms. The lowest BCUT2D eigenvalue weighted by Gasteiger charge is -2.25. The molecule has 0 spiro atoms. The Hall–Kier alpha value is -4.11. The zero-order valence-corrected chi connectivity index (χ0v) is 22.6. The number of nitrogens with one attached hydrogen (secondary N) is 3. The molecule has 3 rings (SSSR count). The molecule has 1 saturated carbocycles. The number of imidazole rings is 1. The monoisotopic (exact) mass is 510 g/mol. The summed E-state index contributed by atoms with van der Waals surface area (Å²) in [6.07, 6.45) is 21.2. The van der Waals surface area contributed by atoms with E-state index in [0.29, 0.717) is 35.9 Å². The third kappa shape index (κ3) is 7.69. The Labute approximate surface area is 226 Å². The van der Waals surface area contributed by atoms with Crippen molar-refractivity contribution in [3.8, 4) is 12.3 Å². The third-order valence-electron chi connectivity index (χ3n) is 6.93. The van der Waals surface area contributed by atoms with Gasteiger partial charge in [0, 0.05) is 28.4 Å². The smallest absolute Gasteiger partial charge is 0.251 e. The molecule has 3 N–H and O–H groups in total. The molecule has 1 heterocycles. The summed E-state index contributed by atoms with van der Waals surface area (Å²) in [6.45, 7) is 9.97. The van der Waals surface area contributed by atoms with Gasteiger partial charge in [0.25, 0.3) is 5.91 Å². The van der Waals surface area contributed by atoms with E-state index in [0.717, 1.165) is 48.0 Å². The van der Waals surface area contributed by atoms with Gasteiger partial charge in [0.05, 0.1) is 11.0 Å². The standard InChI is InChI=1S/C32H38N4O2/c1-6-10-14-26(9-4)33-31(37)24(8-3)13-11-12-23(7-2)30-35-28-20-19-27(21-29(28)36-30)34-32(38)25-17-15-22(5)16-18-25/h1,7,9-10,12-14,19-22,25H,2,8,11,15-18H2,3-5H3,(H,33,37)(H,34,38)(H,35,36)/b14-10-,23-12?,24-13+,26-9+. The molecule has 0 aliphatic heterocycles. The molecule has 2 aromatic rings. The molecular formula is C32H38N4O2. The normalized spacial score (nSPS) is 18.8. The van der Waals surface area contributed by atoms with Crippen LogP contribution in [0.1, 0.15) is 65.1 Å². The van der Waals surface area contributed by atoms with Gasteiger partial charge in [-0.15, -0.1) is 6.42 Å². The van der Waals surface area contributed by atoms with Crippen molar-refractivity contribution in [1.82, 2.24) is 15.3 Å². The zero-order valence-electron chi connectivity index (χ0n) is 22.6. The summed E-state index contributed by atoms with van der Waals surface area (Å²) in [5.74, 6) is 3.84. The van der Waals surface area contributed by atoms with E-state index in [4.69, 9.17) is 11.4 Å². The van der Waals surface area contributed by atoms with E-state index in [9.17, 15) is 9.59 Å². The van der Waals surface area contributed by atoms with Crippen molar-refractivity contribution in [2.45, 2.75) is 59.3 Å². The SMILES string of the molecule is C#C/C=C\C(=C/C)NC(=O)/C(=C/CC=C(C=C)c1nc2ccc(NC(=O)C3CCC(C)CC3)cc2[nH]1)CC. The second-order valence-corrected chi connectivity index (χ2v) is 9.64. The Kier molecular flexibility index (Phi) is 10.5. The third-order valence-corrected chi connectivity index (χ3v) is 6.93. The molecule has 38 heavy (non-hydrogen) atoms. The number of terminal acetylenes is 1. The molecule has 1 aromatic heterocycles. The van der Waals surface area contributed by atoms with Gasteiger partial charge >= 0.3 is 0 Å². The van der Waals surface area contributed by atoms with E-state index in [1.807, 2.05) is 44.2 Å². The van der Waals surface area contributed by atoms with E-state index in [1.54, 1.807) is 24.3 Å². The summed E-state index contributed by atoms with van der Waals surface area (Å²) >= 11 is 0. The summed E-state index contributed by atoms with van der Waals surface area (Å²) in [7, 11) is 0. The Morgan fingerprint density at radius 3 is 2.66 bits per heavy atom. The lowest BCUT2D eigenvalue weighted by molar-refractivity contribution is -0.121. The Bertz CT molecular complexity index is 1320. The highest BCUT2D eigenvalue weighted by Gasteiger charge is 2.24. The van der Waals surface area contributed by atoms with E-state index in [-0.39, 0.29) is 17.7 Å². The van der Waals surface area contributed by atoms with Crippen LogP contribution in [0.15, 0.2) is 72.5 Å². The van der Waals surface area contributed by atoms with Gasteiger partial charge in [-0.1, -0.05) is 50.7 Å². The van der Waals surface area contributed by atoms with Crippen molar-refractivity contribution in [2.75, 3.05) is 5.32 Å². The predicted octanol–water partition coefficient (Wildman–Crippen LogP) is 6.83. The minimum absolute atomic E-state index is 0.0849. The molecule has 0 bridgehead atoms. The van der Waals surface area contributed by atoms with Crippen LogP contribution < -0.4 is 10.6 Å². The fourth-order valence-corrected chi connectivity index (χ4v) is 4.55. The first-order valence-corrected chi connectivity index (χ1v) is 13.3. The van der Waals surface area contributed by atoms with Crippen LogP contribution in [0.3, 0.4) is 0 Å². The highest BCUT2D eigenvalue weighted by molar-refractivity contribution is 5.95. The van der Waals surface area contributed by atoms with Crippen molar-refractivity contribution in [2.24, 2.45) is 11.8 Å². The molecule has 6 nitrogen and oxygen atoms in total. The van der Waals surface area contributed by atoms with Crippen LogP contribution in [0.5, 0.6) is 0 Å². The van der Waals surface area contributed by atoms with E-state index in [2.05, 4.69) is 35.0 Å². The molecule has 1 aliphatic carbocycles. The number of fused-ring (bicyclic) bond motifs is 1. The maximum absolute atomic E-state index is 12.7. The lowest BCUT2D eigenvalue weighted by atomic mass is 9.82. The van der Waals surface area contributed by atoms with E-state index < -0.39 is 0 Å². The first kappa shape index (κ1) is 28.5. The number of hydrogen-bond donors (Lipinski definition) is 3. The molecule has 0 radical (unpaired) electrons. The van der Waals surface area contributed by atoms with Crippen molar-refractivity contribution >= 4 is 34.1 Å². The van der Waals surface area contributed by atoms with E-state index in [1.165, 1.54) is 0 Å². The number of amides is 2. The number of H-pyrrole nitrogens is 1. The van der Waals surface area contributed by atoms with Gasteiger partial charge in [-0.05, 0) is 81.7 Å². The Morgan fingerprint density at radius 2 is 2.00 bits per heavy atom. The fourth-order valence-electron chi connectivity index (χ4n) is 4.55. The highest BCUT2D eigenvalue weighted by Crippen LogP contribution is 2.29. The van der Waals surface area contributed by atoms with Crippen molar-refractivity contribution in [3.05, 3.63) is 78.3 Å². The second-order valence-electron chi connectivity index (χ2n) is 9.64. The van der Waals surface area contributed by atoms with Crippen LogP contribution in [0.25, 0.3) is 16.6 Å². The molecule has 198 valence electrons. The second kappa shape index (κ2) is 14.0. The molecule has 1 aliphatic rings. The molecule has 0 atom stereocenters. The van der Waals surface area contributed by atoms with Crippen LogP contribution in [0, 0.1) is 24.2 Å². The Morgan fingerprint density at radius 1 is 1.24 bits per heavy atom. The number of carbonyl (C=O) groups is 2. The molecule has 0 saturated heterocycles. The summed E-state index contributed by atoms with van der Waals surface area (Å²) in [5, 5.41) is 5.96. The van der Waals surface area contributed by atoms with Gasteiger partial charge in [-0.25, -0.2) is 4.98 Å². The van der Waals surface area contributed by atoms with Crippen LogP contribution in [-0.2, 0) is 9.59 Å². The summed E-state index contributed by atoms with van der Waals surface area (Å²) in [5.41, 5.74) is 4.57. The number of nitrogens with zero attached hydrogens (tertiary/aromatic N) is 1. The van der Waals surface area contributed by atoms with Gasteiger partial charge in [-0.3, -0.25) is 9.59 Å². The molecule has 1 aromatic carbocycles. The quantitative estimate of drug-likeness (QED) is 0.186. The Balaban J connectivity index is 1.69. The maximum atomic E-state index is 12.7. The average Bonchev–Trinajstić information content (AvgIpc) is 3.34. The van der Waals surface area contributed by atoms with Crippen molar-refractivity contribution in [3.63, 3.8) is 0 Å². The maximum Gasteiger partial charge on any atom is 0.251 e. The highest BCUT2D eigenvalue weighted by atomic mass is 16.2. The van der Waals surface area contributed by atoms with Crippen LogP contribution in [0.2, 0.25) is 0 Å². The number of carbonyl (C=O) groups excluding carboxylic acids is 2. The number of benzene rings is 1. The van der Waals surface area contributed by atoms with E-state index >= 15 is 0 Å². The van der Waals surface area contributed by atoms with Crippen molar-refractivity contribution < 1.29 is 9.59 Å².